The van der Waals surface area contributed by atoms with Crippen molar-refractivity contribution in [3.05, 3.63) is 106 Å². The van der Waals surface area contributed by atoms with Gasteiger partial charge in [-0.25, -0.2) is 14.5 Å². The molecule has 2 heterocycles. The van der Waals surface area contributed by atoms with E-state index in [1.165, 1.54) is 80.6 Å². The molecule has 0 fully saturated rings. The van der Waals surface area contributed by atoms with E-state index >= 15 is 0 Å². The lowest BCUT2D eigenvalue weighted by Gasteiger charge is -2.35. The van der Waals surface area contributed by atoms with Crippen molar-refractivity contribution in [2.45, 2.75) is 13.8 Å². The number of benzene rings is 2. The number of primary amides is 2. The quantitative estimate of drug-likeness (QED) is 0.125. The Balaban J connectivity index is 1.80. The van der Waals surface area contributed by atoms with Crippen molar-refractivity contribution in [1.82, 2.24) is 0 Å². The molecule has 2 aliphatic rings. The number of rotatable bonds is 8. The van der Waals surface area contributed by atoms with Crippen molar-refractivity contribution < 1.29 is 48.9 Å². The van der Waals surface area contributed by atoms with Gasteiger partial charge in [0.2, 0.25) is 17.7 Å². The van der Waals surface area contributed by atoms with E-state index in [1.807, 2.05) is 0 Å². The molecule has 230 valence electrons. The van der Waals surface area contributed by atoms with Gasteiger partial charge in [-0.05, 0) is 67.1 Å². The number of imide groups is 1. The first kappa shape index (κ1) is 31.6. The van der Waals surface area contributed by atoms with Crippen LogP contribution in [-0.2, 0) is 24.0 Å². The van der Waals surface area contributed by atoms with Crippen LogP contribution in [0, 0.1) is 11.8 Å². The fourth-order valence-corrected chi connectivity index (χ4v) is 5.07. The smallest absolute Gasteiger partial charge is 0.335 e. The molecule has 5 amide bonds. The summed E-state index contributed by atoms with van der Waals surface area (Å²) in [6.07, 6.45) is 3.83. The highest BCUT2D eigenvalue weighted by Crippen LogP contribution is 2.36. The number of anilines is 2. The highest BCUT2D eigenvalue weighted by molar-refractivity contribution is 6.37. The average molecular weight is 615 g/mol. The lowest BCUT2D eigenvalue weighted by Crippen LogP contribution is -2.49. The van der Waals surface area contributed by atoms with Crippen LogP contribution in [0.5, 0.6) is 0 Å². The molecule has 2 aromatic carbocycles. The fourth-order valence-electron chi connectivity index (χ4n) is 5.07. The molecule has 0 bridgehead atoms. The molecule has 2 atom stereocenters. The number of aromatic carboxylic acids is 2. The van der Waals surface area contributed by atoms with E-state index in [0.29, 0.717) is 4.90 Å². The van der Waals surface area contributed by atoms with Crippen LogP contribution in [0.3, 0.4) is 0 Å². The zero-order valence-electron chi connectivity index (χ0n) is 23.8. The van der Waals surface area contributed by atoms with Gasteiger partial charge in [-0.2, -0.15) is 0 Å². The Labute approximate surface area is 254 Å². The lowest BCUT2D eigenvalue weighted by molar-refractivity contribution is -0.134. The minimum Gasteiger partial charge on any atom is -0.494 e. The summed E-state index contributed by atoms with van der Waals surface area (Å²) in [6, 6.07) is 9.73. The summed E-state index contributed by atoms with van der Waals surface area (Å²) in [4.78, 5) is 88.4. The van der Waals surface area contributed by atoms with E-state index in [9.17, 15) is 48.9 Å². The third-order valence-corrected chi connectivity index (χ3v) is 7.41. The second-order valence-corrected chi connectivity index (χ2v) is 10.1. The summed E-state index contributed by atoms with van der Waals surface area (Å²) in [5, 5.41) is 29.5. The maximum absolute atomic E-state index is 13.5. The number of aliphatic hydroxyl groups is 1. The number of amides is 5. The molecule has 2 unspecified atom stereocenters. The van der Waals surface area contributed by atoms with E-state index in [4.69, 9.17) is 11.5 Å². The van der Waals surface area contributed by atoms with Gasteiger partial charge in [0.1, 0.15) is 11.5 Å². The van der Waals surface area contributed by atoms with Crippen LogP contribution in [-0.4, -0.2) is 56.8 Å². The second-order valence-electron chi connectivity index (χ2n) is 10.1. The van der Waals surface area contributed by atoms with Crippen LogP contribution >= 0.6 is 0 Å². The molecule has 0 aliphatic carbocycles. The molecule has 14 nitrogen and oxygen atoms in total. The van der Waals surface area contributed by atoms with Gasteiger partial charge in [-0.3, -0.25) is 28.9 Å². The van der Waals surface area contributed by atoms with Gasteiger partial charge >= 0.3 is 11.9 Å². The number of carboxylic acid groups (broad SMARTS) is 2. The second kappa shape index (κ2) is 12.1. The van der Waals surface area contributed by atoms with Crippen LogP contribution in [0.1, 0.15) is 34.6 Å². The number of aliphatic hydroxyl groups excluding tert-OH is 1. The number of allylic oxidation sites excluding steroid dienone is 4. The van der Waals surface area contributed by atoms with Gasteiger partial charge in [-0.1, -0.05) is 19.1 Å². The summed E-state index contributed by atoms with van der Waals surface area (Å²) >= 11 is 0. The maximum Gasteiger partial charge on any atom is 0.335 e. The van der Waals surface area contributed by atoms with Crippen molar-refractivity contribution >= 4 is 52.8 Å². The topological polar surface area (TPSA) is 239 Å². The average Bonchev–Trinajstić information content (AvgIpc) is 2.96. The summed E-state index contributed by atoms with van der Waals surface area (Å²) in [5.74, 6) is -10.2. The van der Waals surface area contributed by atoms with Gasteiger partial charge in [0.05, 0.1) is 22.5 Å². The molecule has 0 spiro atoms. The Morgan fingerprint density at radius 1 is 0.800 bits per heavy atom. The Morgan fingerprint density at radius 3 is 1.73 bits per heavy atom. The van der Waals surface area contributed by atoms with Crippen molar-refractivity contribution in [3.63, 3.8) is 0 Å². The number of nitrogens with zero attached hydrogens (tertiary/aromatic N) is 2. The van der Waals surface area contributed by atoms with Crippen molar-refractivity contribution in [1.29, 1.82) is 0 Å². The van der Waals surface area contributed by atoms with E-state index in [-0.39, 0.29) is 39.2 Å². The molecular formula is C31H26N4O10. The van der Waals surface area contributed by atoms with Crippen LogP contribution in [0.25, 0.3) is 0 Å². The monoisotopic (exact) mass is 614 g/mol. The number of carbonyl (C=O) groups is 7. The Morgan fingerprint density at radius 2 is 1.29 bits per heavy atom. The van der Waals surface area contributed by atoms with Crippen molar-refractivity contribution in [2.24, 2.45) is 23.3 Å². The van der Waals surface area contributed by atoms with Crippen LogP contribution in [0.15, 0.2) is 94.9 Å². The van der Waals surface area contributed by atoms with E-state index in [2.05, 4.69) is 0 Å². The van der Waals surface area contributed by atoms with Gasteiger partial charge in [0.25, 0.3) is 17.7 Å². The van der Waals surface area contributed by atoms with E-state index in [0.717, 1.165) is 4.90 Å². The highest BCUT2D eigenvalue weighted by Gasteiger charge is 2.43. The zero-order chi connectivity index (χ0) is 33.3. The first-order valence-electron chi connectivity index (χ1n) is 13.2. The fraction of sp³-hybridized carbons (Fsp3) is 0.129. The Hall–Kier alpha value is -6.31. The summed E-state index contributed by atoms with van der Waals surface area (Å²) in [5.41, 5.74) is 10.2. The summed E-state index contributed by atoms with van der Waals surface area (Å²) in [6.45, 7) is 2.81. The molecular weight excluding hydrogens is 588 g/mol. The normalized spacial score (nSPS) is 20.0. The van der Waals surface area contributed by atoms with E-state index in [1.54, 1.807) is 0 Å². The third-order valence-electron chi connectivity index (χ3n) is 7.41. The first-order chi connectivity index (χ1) is 21.2. The minimum absolute atomic E-state index is 0.0234. The van der Waals surface area contributed by atoms with Crippen LogP contribution in [0.2, 0.25) is 0 Å². The number of hydrogen-bond acceptors (Lipinski definition) is 8. The molecule has 2 aliphatic heterocycles. The molecule has 14 heteroatoms. The number of carboxylic acids is 2. The predicted octanol–water partition coefficient (Wildman–Crippen LogP) is 1.79. The van der Waals surface area contributed by atoms with Gasteiger partial charge in [0, 0.05) is 17.1 Å². The number of hydrogen-bond donors (Lipinski definition) is 5. The zero-order valence-corrected chi connectivity index (χ0v) is 23.8. The first-order valence-corrected chi connectivity index (χ1v) is 13.2. The van der Waals surface area contributed by atoms with Crippen LogP contribution in [0.4, 0.5) is 11.4 Å². The van der Waals surface area contributed by atoms with Crippen molar-refractivity contribution in [2.75, 3.05) is 9.80 Å². The highest BCUT2D eigenvalue weighted by atomic mass is 16.4. The molecule has 0 radical (unpaired) electrons. The largest absolute Gasteiger partial charge is 0.494 e. The molecule has 4 rings (SSSR count). The third kappa shape index (κ3) is 5.71. The summed E-state index contributed by atoms with van der Waals surface area (Å²) in [7, 11) is 0. The maximum atomic E-state index is 13.5. The van der Waals surface area contributed by atoms with Crippen molar-refractivity contribution in [3.8, 4) is 0 Å². The predicted molar refractivity (Wildman–Crippen MR) is 157 cm³/mol. The molecule has 0 aromatic heterocycles. The molecule has 7 N–H and O–H groups in total. The van der Waals surface area contributed by atoms with Gasteiger partial charge in [-0.15, -0.1) is 0 Å². The number of nitrogens with two attached hydrogens (primary N) is 2. The summed E-state index contributed by atoms with van der Waals surface area (Å²) < 4.78 is 0. The van der Waals surface area contributed by atoms with Gasteiger partial charge in [0.15, 0.2) is 0 Å². The molecule has 0 saturated carbocycles. The molecule has 45 heavy (non-hydrogen) atoms. The number of carbonyl (C=O) groups excluding carboxylic acids is 5. The Kier molecular flexibility index (Phi) is 8.52. The lowest BCUT2D eigenvalue weighted by atomic mass is 9.82. The minimum atomic E-state index is -1.42. The van der Waals surface area contributed by atoms with Gasteiger partial charge < -0.3 is 26.8 Å². The Bertz CT molecular complexity index is 1800. The SMILES string of the molecule is CC1=C(C(N)=O)C(=O)N(c2ccc(C(=O)O)cc2)C(=O)/C1=C\C=CC1=C(O)N(c2ccc(C(=O)O)cc2)C(=O)C(C(N)=O)C1C. The van der Waals surface area contributed by atoms with Crippen LogP contribution < -0.4 is 21.3 Å². The van der Waals surface area contributed by atoms with E-state index < -0.39 is 64.8 Å². The molecule has 2 aromatic rings. The molecule has 0 saturated heterocycles. The standard InChI is InChI=1S/C31H26N4O10/c1-14-20(26(38)34(28(40)22(14)24(32)36)18-10-6-16(7-11-18)30(42)43)4-3-5-21-15(2)23(25(33)37)29(41)35(27(21)39)19-12-8-17(9-13-19)31(44)45/h3-14,22,38H,1-2H3,(H2,32,36)(H2,33,37)(H,42,43)(H,44,45)/b4-3?,21-5-.